The van der Waals surface area contributed by atoms with E-state index in [2.05, 4.69) is 31.0 Å². The van der Waals surface area contributed by atoms with Gasteiger partial charge in [-0.1, -0.05) is 32.4 Å². The Balaban J connectivity index is 2.36. The molecule has 1 atom stereocenters. The molecule has 0 amide bonds. The van der Waals surface area contributed by atoms with E-state index in [1.54, 1.807) is 6.07 Å². The monoisotopic (exact) mass is 284 g/mol. The second-order valence-electron chi connectivity index (χ2n) is 6.26. The van der Waals surface area contributed by atoms with E-state index in [9.17, 15) is 4.39 Å². The molecule has 1 N–H and O–H groups in total. The summed E-state index contributed by atoms with van der Waals surface area (Å²) in [6.07, 6.45) is 0. The number of benzene rings is 1. The van der Waals surface area contributed by atoms with Crippen molar-refractivity contribution in [1.29, 1.82) is 0 Å². The molecule has 1 fully saturated rings. The number of halogens is 2. The smallest absolute Gasteiger partial charge is 0.125 e. The van der Waals surface area contributed by atoms with Gasteiger partial charge in [-0.2, -0.15) is 0 Å². The fraction of sp³-hybridized carbons (Fsp3) is 0.600. The molecule has 1 aromatic rings. The summed E-state index contributed by atoms with van der Waals surface area (Å²) in [5, 5.41) is 3.83. The fourth-order valence-corrected chi connectivity index (χ4v) is 3.16. The summed E-state index contributed by atoms with van der Waals surface area (Å²) in [6.45, 7) is 10.5. The lowest BCUT2D eigenvalue weighted by molar-refractivity contribution is 0.0860. The first-order chi connectivity index (χ1) is 8.88. The third-order valence-corrected chi connectivity index (χ3v) is 3.76. The van der Waals surface area contributed by atoms with E-state index in [4.69, 9.17) is 11.6 Å². The number of piperazine rings is 1. The minimum Gasteiger partial charge on any atom is -0.314 e. The summed E-state index contributed by atoms with van der Waals surface area (Å²) in [5.74, 6) is -0.258. The van der Waals surface area contributed by atoms with Gasteiger partial charge >= 0.3 is 0 Å². The Kier molecular flexibility index (Phi) is 4.49. The molecule has 0 bridgehead atoms. The summed E-state index contributed by atoms with van der Waals surface area (Å²) in [5.41, 5.74) is 1.01. The predicted octanol–water partition coefficient (Wildman–Crippen LogP) is 3.47. The molecule has 1 aliphatic heterocycles. The Hall–Kier alpha value is -0.640. The maximum atomic E-state index is 13.6. The van der Waals surface area contributed by atoms with Crippen LogP contribution < -0.4 is 5.32 Å². The molecule has 106 valence electrons. The molecule has 1 heterocycles. The maximum absolute atomic E-state index is 13.6. The Labute approximate surface area is 119 Å². The van der Waals surface area contributed by atoms with Crippen molar-refractivity contribution in [3.8, 4) is 0 Å². The van der Waals surface area contributed by atoms with E-state index in [1.165, 1.54) is 6.07 Å². The van der Waals surface area contributed by atoms with Crippen molar-refractivity contribution in [2.45, 2.75) is 26.8 Å². The van der Waals surface area contributed by atoms with Gasteiger partial charge in [-0.3, -0.25) is 4.90 Å². The van der Waals surface area contributed by atoms with Crippen LogP contribution in [0.3, 0.4) is 0 Å². The van der Waals surface area contributed by atoms with Crippen molar-refractivity contribution >= 4 is 11.6 Å². The number of rotatable bonds is 2. The van der Waals surface area contributed by atoms with Crippen LogP contribution in [0.15, 0.2) is 18.2 Å². The second kappa shape index (κ2) is 5.78. The highest BCUT2D eigenvalue weighted by atomic mass is 35.5. The molecule has 1 aromatic carbocycles. The normalized spacial score (nSPS) is 19.4. The van der Waals surface area contributed by atoms with Gasteiger partial charge in [-0.15, -0.1) is 0 Å². The highest BCUT2D eigenvalue weighted by molar-refractivity contribution is 6.30. The van der Waals surface area contributed by atoms with Crippen LogP contribution in [0.5, 0.6) is 0 Å². The van der Waals surface area contributed by atoms with Gasteiger partial charge in [0.1, 0.15) is 5.82 Å². The van der Waals surface area contributed by atoms with Gasteiger partial charge in [-0.25, -0.2) is 4.39 Å². The number of hydrogen-bond donors (Lipinski definition) is 1. The highest BCUT2D eigenvalue weighted by Gasteiger charge is 2.32. The van der Waals surface area contributed by atoms with Gasteiger partial charge < -0.3 is 5.32 Å². The van der Waals surface area contributed by atoms with Crippen molar-refractivity contribution in [3.05, 3.63) is 34.6 Å². The van der Waals surface area contributed by atoms with E-state index in [-0.39, 0.29) is 17.3 Å². The first-order valence-corrected chi connectivity index (χ1v) is 7.16. The first kappa shape index (κ1) is 14.8. The summed E-state index contributed by atoms with van der Waals surface area (Å²) in [7, 11) is 0. The van der Waals surface area contributed by atoms with E-state index in [0.717, 1.165) is 31.7 Å². The van der Waals surface area contributed by atoms with Crippen LogP contribution in [-0.2, 0) is 0 Å². The fourth-order valence-electron chi connectivity index (χ4n) is 2.93. The number of nitrogens with zero attached hydrogens (tertiary/aromatic N) is 1. The van der Waals surface area contributed by atoms with Crippen LogP contribution >= 0.6 is 11.6 Å². The van der Waals surface area contributed by atoms with E-state index in [1.807, 2.05) is 6.07 Å². The third kappa shape index (κ3) is 3.68. The Morgan fingerprint density at radius 3 is 2.37 bits per heavy atom. The summed E-state index contributed by atoms with van der Waals surface area (Å²) < 4.78 is 13.6. The standard InChI is InChI=1S/C15H22ClFN2/c1-15(2,3)14(19-6-4-18-5-7-19)11-8-12(16)10-13(17)9-11/h8-10,14,18H,4-7H2,1-3H3/t14-/m0/s1. The third-order valence-electron chi connectivity index (χ3n) is 3.54. The molecule has 0 aromatic heterocycles. The van der Waals surface area contributed by atoms with Crippen molar-refractivity contribution < 1.29 is 4.39 Å². The quantitative estimate of drug-likeness (QED) is 0.895. The SMILES string of the molecule is CC(C)(C)[C@H](c1cc(F)cc(Cl)c1)N1CCNCC1. The van der Waals surface area contributed by atoms with Crippen LogP contribution in [0, 0.1) is 11.2 Å². The molecular formula is C15H22ClFN2. The second-order valence-corrected chi connectivity index (χ2v) is 6.69. The van der Waals surface area contributed by atoms with Crippen molar-refractivity contribution in [2.75, 3.05) is 26.2 Å². The average molecular weight is 285 g/mol. The highest BCUT2D eigenvalue weighted by Crippen LogP contribution is 2.39. The Morgan fingerprint density at radius 2 is 1.84 bits per heavy atom. The Bertz CT molecular complexity index is 416. The number of hydrogen-bond acceptors (Lipinski definition) is 2. The lowest BCUT2D eigenvalue weighted by atomic mass is 9.81. The van der Waals surface area contributed by atoms with E-state index in [0.29, 0.717) is 5.02 Å². The van der Waals surface area contributed by atoms with Crippen LogP contribution in [0.1, 0.15) is 32.4 Å². The zero-order valence-electron chi connectivity index (χ0n) is 11.8. The molecule has 1 aliphatic rings. The van der Waals surface area contributed by atoms with E-state index < -0.39 is 0 Å². The number of nitrogens with one attached hydrogen (secondary N) is 1. The lowest BCUT2D eigenvalue weighted by Gasteiger charge is -2.42. The molecular weight excluding hydrogens is 263 g/mol. The summed E-state index contributed by atoms with van der Waals surface area (Å²) in [4.78, 5) is 2.42. The predicted molar refractivity (Wildman–Crippen MR) is 78.0 cm³/mol. The zero-order valence-corrected chi connectivity index (χ0v) is 12.6. The van der Waals surface area contributed by atoms with Crippen molar-refractivity contribution in [1.82, 2.24) is 10.2 Å². The van der Waals surface area contributed by atoms with Crippen LogP contribution in [-0.4, -0.2) is 31.1 Å². The van der Waals surface area contributed by atoms with Crippen LogP contribution in [0.4, 0.5) is 4.39 Å². The molecule has 2 nitrogen and oxygen atoms in total. The molecule has 0 spiro atoms. The van der Waals surface area contributed by atoms with Gasteiger partial charge in [-0.05, 0) is 29.2 Å². The zero-order chi connectivity index (χ0) is 14.0. The molecule has 0 aliphatic carbocycles. The van der Waals surface area contributed by atoms with Gasteiger partial charge in [0.25, 0.3) is 0 Å². The summed E-state index contributed by atoms with van der Waals surface area (Å²) >= 11 is 6.01. The van der Waals surface area contributed by atoms with Crippen LogP contribution in [0.25, 0.3) is 0 Å². The minimum absolute atomic E-state index is 0.0362. The molecule has 0 saturated carbocycles. The molecule has 4 heteroatoms. The van der Waals surface area contributed by atoms with Crippen molar-refractivity contribution in [2.24, 2.45) is 5.41 Å². The van der Waals surface area contributed by atoms with Gasteiger partial charge in [0.05, 0.1) is 0 Å². The summed E-state index contributed by atoms with van der Waals surface area (Å²) in [6, 6.07) is 5.05. The van der Waals surface area contributed by atoms with Crippen LogP contribution in [0.2, 0.25) is 5.02 Å². The molecule has 2 rings (SSSR count). The molecule has 19 heavy (non-hydrogen) atoms. The lowest BCUT2D eigenvalue weighted by Crippen LogP contribution is -2.48. The first-order valence-electron chi connectivity index (χ1n) is 6.79. The maximum Gasteiger partial charge on any atom is 0.125 e. The topological polar surface area (TPSA) is 15.3 Å². The van der Waals surface area contributed by atoms with Crippen molar-refractivity contribution in [3.63, 3.8) is 0 Å². The molecule has 0 radical (unpaired) electrons. The van der Waals surface area contributed by atoms with Gasteiger partial charge in [0.2, 0.25) is 0 Å². The average Bonchev–Trinajstić information content (AvgIpc) is 2.27. The largest absolute Gasteiger partial charge is 0.314 e. The Morgan fingerprint density at radius 1 is 1.21 bits per heavy atom. The van der Waals surface area contributed by atoms with E-state index >= 15 is 0 Å². The van der Waals surface area contributed by atoms with Gasteiger partial charge in [0.15, 0.2) is 0 Å². The van der Waals surface area contributed by atoms with Gasteiger partial charge in [0, 0.05) is 37.2 Å². The molecule has 0 unspecified atom stereocenters. The minimum atomic E-state index is -0.258. The molecule has 1 saturated heterocycles.